The lowest BCUT2D eigenvalue weighted by Gasteiger charge is -2.00. The summed E-state index contributed by atoms with van der Waals surface area (Å²) in [5.74, 6) is 0.179. The van der Waals surface area contributed by atoms with Crippen molar-refractivity contribution in [3.8, 4) is 0 Å². The van der Waals surface area contributed by atoms with Gasteiger partial charge >= 0.3 is 0 Å². The molecule has 0 N–H and O–H groups in total. The number of pyridine rings is 1. The Bertz CT molecular complexity index is 584. The van der Waals surface area contributed by atoms with Crippen molar-refractivity contribution in [1.82, 2.24) is 4.98 Å². The molecule has 0 amide bonds. The molecule has 0 saturated heterocycles. The zero-order valence-corrected chi connectivity index (χ0v) is 10.1. The van der Waals surface area contributed by atoms with E-state index in [1.54, 1.807) is 6.20 Å². The fourth-order valence-electron chi connectivity index (χ4n) is 1.78. The maximum Gasteiger partial charge on any atom is 0.158 e. The molecule has 0 spiro atoms. The molecule has 0 bridgehead atoms. The number of nitrogens with zero attached hydrogens (tertiary/aromatic N) is 1. The van der Waals surface area contributed by atoms with Gasteiger partial charge in [0.2, 0.25) is 0 Å². The highest BCUT2D eigenvalue weighted by Gasteiger charge is 2.01. The summed E-state index contributed by atoms with van der Waals surface area (Å²) in [5, 5.41) is 1.10. The molecule has 0 fully saturated rings. The van der Waals surface area contributed by atoms with Gasteiger partial charge in [0.15, 0.2) is 5.78 Å². The summed E-state index contributed by atoms with van der Waals surface area (Å²) in [7, 11) is 0. The monoisotopic (exact) mass is 225 g/mol. The molecule has 0 unspecified atom stereocenters. The minimum Gasteiger partial charge on any atom is -0.295 e. The first-order valence-corrected chi connectivity index (χ1v) is 5.77. The second-order valence-corrected chi connectivity index (χ2v) is 4.07. The number of hydrogen-bond acceptors (Lipinski definition) is 2. The summed E-state index contributed by atoms with van der Waals surface area (Å²) in [5.41, 5.74) is 2.73. The summed E-state index contributed by atoms with van der Waals surface area (Å²) in [6.45, 7) is 3.72. The van der Waals surface area contributed by atoms with Gasteiger partial charge in [0.1, 0.15) is 0 Å². The van der Waals surface area contributed by atoms with Gasteiger partial charge in [-0.25, -0.2) is 0 Å². The molecule has 2 rings (SSSR count). The number of aromatic nitrogens is 1. The fraction of sp³-hybridized carbons (Fsp3) is 0.200. The Balaban J connectivity index is 2.40. The first kappa shape index (κ1) is 11.5. The van der Waals surface area contributed by atoms with Gasteiger partial charge in [-0.3, -0.25) is 9.78 Å². The highest BCUT2D eigenvalue weighted by Crippen LogP contribution is 2.15. The third-order valence-electron chi connectivity index (χ3n) is 2.76. The molecule has 2 nitrogen and oxygen atoms in total. The Morgan fingerprint density at radius 3 is 2.88 bits per heavy atom. The molecule has 0 saturated carbocycles. The van der Waals surface area contributed by atoms with Crippen LogP contribution in [0.2, 0.25) is 0 Å². The number of fused-ring (bicyclic) bond motifs is 1. The lowest BCUT2D eigenvalue weighted by molar-refractivity contribution is -0.115. The summed E-state index contributed by atoms with van der Waals surface area (Å²) in [4.78, 5) is 15.9. The predicted molar refractivity (Wildman–Crippen MR) is 70.7 cm³/mol. The molecule has 0 aliphatic rings. The summed E-state index contributed by atoms with van der Waals surface area (Å²) in [6, 6.07) is 10.0. The average Bonchev–Trinajstić information content (AvgIpc) is 2.37. The quantitative estimate of drug-likeness (QED) is 0.747. The van der Waals surface area contributed by atoms with Crippen LogP contribution in [0.5, 0.6) is 0 Å². The van der Waals surface area contributed by atoms with Crippen molar-refractivity contribution < 1.29 is 4.79 Å². The number of carbonyl (C=O) groups excluding carboxylic acids is 1. The van der Waals surface area contributed by atoms with Gasteiger partial charge in [-0.15, -0.1) is 0 Å². The topological polar surface area (TPSA) is 30.0 Å². The maximum absolute atomic E-state index is 11.5. The van der Waals surface area contributed by atoms with Crippen molar-refractivity contribution in [1.29, 1.82) is 0 Å². The minimum atomic E-state index is 0.179. The first-order chi connectivity index (χ1) is 8.20. The number of ketones is 1. The van der Waals surface area contributed by atoms with Crippen LogP contribution < -0.4 is 0 Å². The number of benzene rings is 1. The van der Waals surface area contributed by atoms with Gasteiger partial charge < -0.3 is 0 Å². The van der Waals surface area contributed by atoms with E-state index in [0.717, 1.165) is 22.0 Å². The lowest BCUT2D eigenvalue weighted by Crippen LogP contribution is -1.96. The summed E-state index contributed by atoms with van der Waals surface area (Å²) < 4.78 is 0. The minimum absolute atomic E-state index is 0.179. The Morgan fingerprint density at radius 2 is 2.12 bits per heavy atom. The van der Waals surface area contributed by atoms with Gasteiger partial charge in [-0.1, -0.05) is 25.1 Å². The number of hydrogen-bond donors (Lipinski definition) is 0. The van der Waals surface area contributed by atoms with Gasteiger partial charge in [-0.05, 0) is 36.3 Å². The lowest BCUT2D eigenvalue weighted by atomic mass is 10.1. The van der Waals surface area contributed by atoms with Crippen LogP contribution in [0.1, 0.15) is 25.8 Å². The van der Waals surface area contributed by atoms with E-state index in [0.29, 0.717) is 6.42 Å². The van der Waals surface area contributed by atoms with Crippen LogP contribution in [-0.2, 0) is 4.79 Å². The Morgan fingerprint density at radius 1 is 1.35 bits per heavy atom. The molecular formula is C15H15NO. The van der Waals surface area contributed by atoms with Crippen LogP contribution in [0, 0.1) is 0 Å². The molecule has 2 heteroatoms. The molecule has 86 valence electrons. The van der Waals surface area contributed by atoms with Gasteiger partial charge in [0.05, 0.1) is 5.52 Å². The fourth-order valence-corrected chi connectivity index (χ4v) is 1.78. The molecule has 1 heterocycles. The Labute approximate surface area is 101 Å². The molecule has 0 aliphatic carbocycles. The standard InChI is InChI=1S/C15H15NO/c1-3-15(17)11(2)8-12-9-13-6-4-5-7-14(13)16-10-12/h4-10H,3H2,1-2H3. The van der Waals surface area contributed by atoms with Gasteiger partial charge in [0, 0.05) is 18.0 Å². The second kappa shape index (κ2) is 4.91. The van der Waals surface area contributed by atoms with Crippen LogP contribution in [0.3, 0.4) is 0 Å². The molecule has 2 aromatic rings. The van der Waals surface area contributed by atoms with Gasteiger partial charge in [0.25, 0.3) is 0 Å². The molecule has 17 heavy (non-hydrogen) atoms. The van der Waals surface area contributed by atoms with E-state index in [2.05, 4.69) is 11.1 Å². The van der Waals surface area contributed by atoms with Crippen molar-refractivity contribution in [2.75, 3.05) is 0 Å². The van der Waals surface area contributed by atoms with Crippen LogP contribution in [0.15, 0.2) is 42.1 Å². The number of Topliss-reactive ketones (excluding diaryl/α,β-unsaturated/α-hetero) is 1. The highest BCUT2D eigenvalue weighted by molar-refractivity contribution is 5.99. The predicted octanol–water partition coefficient (Wildman–Crippen LogP) is 3.62. The van der Waals surface area contributed by atoms with Crippen molar-refractivity contribution >= 4 is 22.8 Å². The molecule has 1 aromatic heterocycles. The molecule has 0 atom stereocenters. The average molecular weight is 225 g/mol. The zero-order valence-electron chi connectivity index (χ0n) is 10.1. The maximum atomic E-state index is 11.5. The Hall–Kier alpha value is -1.96. The third-order valence-corrected chi connectivity index (χ3v) is 2.76. The summed E-state index contributed by atoms with van der Waals surface area (Å²) in [6.07, 6.45) is 4.24. The van der Waals surface area contributed by atoms with E-state index in [1.807, 2.05) is 44.2 Å². The van der Waals surface area contributed by atoms with Crippen molar-refractivity contribution in [2.24, 2.45) is 0 Å². The first-order valence-electron chi connectivity index (χ1n) is 5.77. The van der Waals surface area contributed by atoms with Crippen LogP contribution in [0.25, 0.3) is 17.0 Å². The van der Waals surface area contributed by atoms with E-state index < -0.39 is 0 Å². The zero-order chi connectivity index (χ0) is 12.3. The number of rotatable bonds is 3. The van der Waals surface area contributed by atoms with Crippen LogP contribution in [-0.4, -0.2) is 10.8 Å². The van der Waals surface area contributed by atoms with Crippen molar-refractivity contribution in [2.45, 2.75) is 20.3 Å². The molecular weight excluding hydrogens is 210 g/mol. The third kappa shape index (κ3) is 2.59. The van der Waals surface area contributed by atoms with E-state index in [4.69, 9.17) is 0 Å². The van der Waals surface area contributed by atoms with Crippen molar-refractivity contribution in [3.63, 3.8) is 0 Å². The SMILES string of the molecule is CCC(=O)C(C)=Cc1cnc2ccccc2c1. The normalized spacial score (nSPS) is 11.8. The molecule has 1 aromatic carbocycles. The molecule has 0 radical (unpaired) electrons. The smallest absolute Gasteiger partial charge is 0.158 e. The second-order valence-electron chi connectivity index (χ2n) is 4.07. The largest absolute Gasteiger partial charge is 0.295 e. The Kier molecular flexibility index (Phi) is 3.33. The molecule has 0 aliphatic heterocycles. The summed E-state index contributed by atoms with van der Waals surface area (Å²) >= 11 is 0. The number of carbonyl (C=O) groups is 1. The number of para-hydroxylation sites is 1. The van der Waals surface area contributed by atoms with Crippen molar-refractivity contribution in [3.05, 3.63) is 47.7 Å². The highest BCUT2D eigenvalue weighted by atomic mass is 16.1. The van der Waals surface area contributed by atoms with Crippen LogP contribution in [0.4, 0.5) is 0 Å². The van der Waals surface area contributed by atoms with E-state index in [-0.39, 0.29) is 5.78 Å². The van der Waals surface area contributed by atoms with Crippen LogP contribution >= 0.6 is 0 Å². The van der Waals surface area contributed by atoms with Gasteiger partial charge in [-0.2, -0.15) is 0 Å². The van der Waals surface area contributed by atoms with E-state index in [1.165, 1.54) is 0 Å². The number of allylic oxidation sites excluding steroid dienone is 1. The van der Waals surface area contributed by atoms with E-state index in [9.17, 15) is 4.79 Å². The van der Waals surface area contributed by atoms with E-state index >= 15 is 0 Å².